The molecule has 1 heterocycles. The molecule has 0 radical (unpaired) electrons. The fraction of sp³-hybridized carbons (Fsp3) is 0.333. The zero-order chi connectivity index (χ0) is 18.4. The number of rotatable bonds is 6. The molecule has 0 unspecified atom stereocenters. The van der Waals surface area contributed by atoms with Gasteiger partial charge in [-0.1, -0.05) is 44.2 Å². The summed E-state index contributed by atoms with van der Waals surface area (Å²) >= 11 is 0. The van der Waals surface area contributed by atoms with E-state index in [0.717, 1.165) is 23.9 Å². The van der Waals surface area contributed by atoms with Crippen LogP contribution in [0.5, 0.6) is 0 Å². The van der Waals surface area contributed by atoms with Crippen LogP contribution in [0, 0.1) is 0 Å². The van der Waals surface area contributed by atoms with E-state index in [4.69, 9.17) is 0 Å². The van der Waals surface area contributed by atoms with Crippen LogP contribution in [0.4, 0.5) is 0 Å². The van der Waals surface area contributed by atoms with Crippen LogP contribution in [0.15, 0.2) is 59.6 Å². The van der Waals surface area contributed by atoms with Crippen LogP contribution in [0.2, 0.25) is 0 Å². The number of fused-ring (bicyclic) bond motifs is 1. The Bertz CT molecular complexity index is 1030. The van der Waals surface area contributed by atoms with Gasteiger partial charge in [0.2, 0.25) is 10.0 Å². The van der Waals surface area contributed by atoms with Gasteiger partial charge in [0.05, 0.1) is 4.90 Å². The predicted octanol–water partition coefficient (Wildman–Crippen LogP) is 4.30. The van der Waals surface area contributed by atoms with Crippen molar-refractivity contribution in [2.24, 2.45) is 0 Å². The zero-order valence-electron chi connectivity index (χ0n) is 15.1. The molecule has 1 saturated carbocycles. The first-order chi connectivity index (χ1) is 12.4. The average molecular weight is 369 g/mol. The molecule has 0 saturated heterocycles. The molecule has 1 fully saturated rings. The second kappa shape index (κ2) is 6.25. The van der Waals surface area contributed by atoms with Crippen molar-refractivity contribution in [3.63, 3.8) is 0 Å². The second-order valence-electron chi connectivity index (χ2n) is 7.58. The van der Waals surface area contributed by atoms with Gasteiger partial charge in [-0.25, -0.2) is 13.1 Å². The number of aromatic amines is 1. The van der Waals surface area contributed by atoms with Crippen molar-refractivity contribution in [2.45, 2.75) is 42.9 Å². The van der Waals surface area contributed by atoms with E-state index in [1.807, 2.05) is 30.5 Å². The van der Waals surface area contributed by atoms with Crippen molar-refractivity contribution in [3.05, 3.63) is 65.9 Å². The molecule has 136 valence electrons. The number of para-hydroxylation sites is 1. The Hall–Kier alpha value is -2.11. The van der Waals surface area contributed by atoms with Gasteiger partial charge >= 0.3 is 0 Å². The Labute approximate surface area is 154 Å². The number of hydrogen-bond donors (Lipinski definition) is 2. The standard InChI is InChI=1S/C21H24N2O2S/c1-15(2)16-7-9-17(10-8-16)26(24,25)23-14-21(11-12-21)19-13-22-20-6-4-3-5-18(19)20/h3-10,13,15,22-23H,11-12,14H2,1-2H3. The van der Waals surface area contributed by atoms with Gasteiger partial charge in [-0.3, -0.25) is 0 Å². The molecular formula is C21H24N2O2S. The molecule has 5 heteroatoms. The van der Waals surface area contributed by atoms with E-state index >= 15 is 0 Å². The summed E-state index contributed by atoms with van der Waals surface area (Å²) in [7, 11) is -3.50. The molecule has 1 aliphatic carbocycles. The fourth-order valence-corrected chi connectivity index (χ4v) is 4.68. The highest BCUT2D eigenvalue weighted by Gasteiger charge is 2.46. The van der Waals surface area contributed by atoms with Gasteiger partial charge in [0.15, 0.2) is 0 Å². The van der Waals surface area contributed by atoms with Crippen molar-refractivity contribution >= 4 is 20.9 Å². The number of nitrogens with one attached hydrogen (secondary N) is 2. The number of H-pyrrole nitrogens is 1. The van der Waals surface area contributed by atoms with Gasteiger partial charge in [-0.15, -0.1) is 0 Å². The van der Waals surface area contributed by atoms with E-state index in [1.165, 1.54) is 10.9 Å². The summed E-state index contributed by atoms with van der Waals surface area (Å²) in [6.07, 6.45) is 4.04. The van der Waals surface area contributed by atoms with Crippen molar-refractivity contribution in [1.82, 2.24) is 9.71 Å². The van der Waals surface area contributed by atoms with Crippen LogP contribution in [0.3, 0.4) is 0 Å². The minimum absolute atomic E-state index is 0.0927. The molecule has 2 N–H and O–H groups in total. The third kappa shape index (κ3) is 3.06. The Morgan fingerprint density at radius 1 is 1.08 bits per heavy atom. The highest BCUT2D eigenvalue weighted by molar-refractivity contribution is 7.89. The molecule has 0 amide bonds. The van der Waals surface area contributed by atoms with Gasteiger partial charge in [0.25, 0.3) is 0 Å². The van der Waals surface area contributed by atoms with Crippen LogP contribution in [-0.4, -0.2) is 19.9 Å². The van der Waals surface area contributed by atoms with Crippen LogP contribution in [0.1, 0.15) is 43.7 Å². The topological polar surface area (TPSA) is 62.0 Å². The molecular weight excluding hydrogens is 344 g/mol. The highest BCUT2D eigenvalue weighted by atomic mass is 32.2. The maximum absolute atomic E-state index is 12.7. The Kier molecular flexibility index (Phi) is 4.16. The van der Waals surface area contributed by atoms with Crippen molar-refractivity contribution in [1.29, 1.82) is 0 Å². The fourth-order valence-electron chi connectivity index (χ4n) is 3.55. The first-order valence-electron chi connectivity index (χ1n) is 9.08. The van der Waals surface area contributed by atoms with E-state index in [-0.39, 0.29) is 5.41 Å². The highest BCUT2D eigenvalue weighted by Crippen LogP contribution is 2.50. The normalized spacial score (nSPS) is 16.3. The lowest BCUT2D eigenvalue weighted by Gasteiger charge is -2.16. The molecule has 1 aliphatic rings. The number of hydrogen-bond acceptors (Lipinski definition) is 2. The maximum atomic E-state index is 12.7. The van der Waals surface area contributed by atoms with E-state index in [2.05, 4.69) is 35.7 Å². The first-order valence-corrected chi connectivity index (χ1v) is 10.6. The summed E-state index contributed by atoms with van der Waals surface area (Å²) in [5.41, 5.74) is 3.36. The molecule has 0 spiro atoms. The Morgan fingerprint density at radius 2 is 1.77 bits per heavy atom. The molecule has 0 aliphatic heterocycles. The molecule has 0 atom stereocenters. The van der Waals surface area contributed by atoms with E-state index < -0.39 is 10.0 Å². The number of benzene rings is 2. The number of aromatic nitrogens is 1. The third-order valence-electron chi connectivity index (χ3n) is 5.47. The van der Waals surface area contributed by atoms with Crippen LogP contribution in [-0.2, 0) is 15.4 Å². The minimum atomic E-state index is -3.50. The lowest BCUT2D eigenvalue weighted by molar-refractivity contribution is 0.567. The van der Waals surface area contributed by atoms with Crippen molar-refractivity contribution in [3.8, 4) is 0 Å². The van der Waals surface area contributed by atoms with Gasteiger partial charge in [-0.05, 0) is 48.1 Å². The average Bonchev–Trinajstić information content (AvgIpc) is 3.31. The molecule has 1 aromatic heterocycles. The van der Waals surface area contributed by atoms with Crippen molar-refractivity contribution < 1.29 is 8.42 Å². The van der Waals surface area contributed by atoms with E-state index in [1.54, 1.807) is 12.1 Å². The first kappa shape index (κ1) is 17.3. The maximum Gasteiger partial charge on any atom is 0.240 e. The van der Waals surface area contributed by atoms with Gasteiger partial charge < -0.3 is 4.98 Å². The van der Waals surface area contributed by atoms with Gasteiger partial charge in [0, 0.05) is 29.1 Å². The summed E-state index contributed by atoms with van der Waals surface area (Å²) in [5.74, 6) is 0.385. The quantitative estimate of drug-likeness (QED) is 0.681. The summed E-state index contributed by atoms with van der Waals surface area (Å²) < 4.78 is 28.2. The zero-order valence-corrected chi connectivity index (χ0v) is 15.9. The number of sulfonamides is 1. The van der Waals surface area contributed by atoms with Gasteiger partial charge in [0.1, 0.15) is 0 Å². The van der Waals surface area contributed by atoms with Crippen molar-refractivity contribution in [2.75, 3.05) is 6.54 Å². The predicted molar refractivity (Wildman–Crippen MR) is 105 cm³/mol. The molecule has 2 aromatic carbocycles. The monoisotopic (exact) mass is 368 g/mol. The summed E-state index contributed by atoms with van der Waals surface area (Å²) in [5, 5.41) is 1.19. The molecule has 3 aromatic rings. The molecule has 26 heavy (non-hydrogen) atoms. The minimum Gasteiger partial charge on any atom is -0.361 e. The van der Waals surface area contributed by atoms with Gasteiger partial charge in [-0.2, -0.15) is 0 Å². The van der Waals surface area contributed by atoms with Crippen LogP contribution >= 0.6 is 0 Å². The summed E-state index contributed by atoms with van der Waals surface area (Å²) in [4.78, 5) is 3.63. The smallest absolute Gasteiger partial charge is 0.240 e. The molecule has 4 rings (SSSR count). The Morgan fingerprint density at radius 3 is 2.42 bits per heavy atom. The lowest BCUT2D eigenvalue weighted by Crippen LogP contribution is -2.32. The summed E-state index contributed by atoms with van der Waals surface area (Å²) in [6, 6.07) is 15.4. The van der Waals surface area contributed by atoms with Crippen LogP contribution < -0.4 is 4.72 Å². The molecule has 4 nitrogen and oxygen atoms in total. The lowest BCUT2D eigenvalue weighted by atomic mass is 9.96. The van der Waals surface area contributed by atoms with Crippen LogP contribution in [0.25, 0.3) is 10.9 Å². The Balaban J connectivity index is 1.54. The SMILES string of the molecule is CC(C)c1ccc(S(=O)(=O)NCC2(c3c[nH]c4ccccc34)CC2)cc1. The van der Waals surface area contributed by atoms with E-state index in [9.17, 15) is 8.42 Å². The van der Waals surface area contributed by atoms with E-state index in [0.29, 0.717) is 17.4 Å². The largest absolute Gasteiger partial charge is 0.361 e. The third-order valence-corrected chi connectivity index (χ3v) is 6.89. The molecule has 0 bridgehead atoms. The second-order valence-corrected chi connectivity index (χ2v) is 9.34. The summed E-state index contributed by atoms with van der Waals surface area (Å²) in [6.45, 7) is 4.63.